The molecule has 1 saturated carbocycles. The van der Waals surface area contributed by atoms with Crippen LogP contribution in [0.5, 0.6) is 0 Å². The highest BCUT2D eigenvalue weighted by molar-refractivity contribution is 5.74. The zero-order valence-corrected chi connectivity index (χ0v) is 23.1. The van der Waals surface area contributed by atoms with E-state index < -0.39 is 0 Å². The molecule has 2 fully saturated rings. The Labute approximate surface area is 224 Å². The van der Waals surface area contributed by atoms with Crippen LogP contribution in [0.3, 0.4) is 0 Å². The first-order chi connectivity index (χ1) is 18.2. The quantitative estimate of drug-likeness (QED) is 0.451. The van der Waals surface area contributed by atoms with Crippen molar-refractivity contribution in [1.29, 1.82) is 0 Å². The smallest absolute Gasteiger partial charge is 0.348 e. The van der Waals surface area contributed by atoms with Crippen LogP contribution < -0.4 is 11.0 Å². The number of carbonyl (C=O) groups excluding carboxylic acids is 1. The van der Waals surface area contributed by atoms with E-state index >= 15 is 0 Å². The van der Waals surface area contributed by atoms with Crippen LogP contribution in [0.4, 0.5) is 5.95 Å². The molecule has 38 heavy (non-hydrogen) atoms. The molecule has 0 radical (unpaired) electrons. The number of hydrogen-bond acceptors (Lipinski definition) is 7. The number of carbonyl (C=O) groups is 1. The van der Waals surface area contributed by atoms with Crippen LogP contribution in [0, 0.1) is 5.92 Å². The van der Waals surface area contributed by atoms with Gasteiger partial charge in [0.2, 0.25) is 11.9 Å². The molecular formula is C29H39N7O2. The molecular weight excluding hydrogens is 478 g/mol. The minimum absolute atomic E-state index is 0.0128. The number of hydrogen-bond donors (Lipinski definition) is 1. The van der Waals surface area contributed by atoms with Crippen molar-refractivity contribution in [3.8, 4) is 0 Å². The van der Waals surface area contributed by atoms with Gasteiger partial charge in [0.1, 0.15) is 0 Å². The summed E-state index contributed by atoms with van der Waals surface area (Å²) in [5.74, 6) is 1.46. The summed E-state index contributed by atoms with van der Waals surface area (Å²) in [4.78, 5) is 41.7. The molecule has 1 unspecified atom stereocenters. The largest absolute Gasteiger partial charge is 0.349 e. The molecule has 2 aromatic heterocycles. The molecule has 1 aliphatic carbocycles. The summed E-state index contributed by atoms with van der Waals surface area (Å²) in [7, 11) is 2.22. The lowest BCUT2D eigenvalue weighted by molar-refractivity contribution is -0.128. The molecule has 5 rings (SSSR count). The average molecular weight is 518 g/mol. The van der Waals surface area contributed by atoms with Gasteiger partial charge < -0.3 is 10.2 Å². The van der Waals surface area contributed by atoms with Crippen LogP contribution >= 0.6 is 0 Å². The number of likely N-dealkylation sites (tertiary alicyclic amines) is 1. The van der Waals surface area contributed by atoms with Crippen LogP contribution in [0.25, 0.3) is 11.0 Å². The fourth-order valence-electron chi connectivity index (χ4n) is 5.58. The summed E-state index contributed by atoms with van der Waals surface area (Å²) in [6, 6.07) is 9.55. The predicted molar refractivity (Wildman–Crippen MR) is 149 cm³/mol. The van der Waals surface area contributed by atoms with Gasteiger partial charge >= 0.3 is 5.69 Å². The Morgan fingerprint density at radius 3 is 2.39 bits per heavy atom. The van der Waals surface area contributed by atoms with E-state index in [9.17, 15) is 9.59 Å². The Kier molecular flexibility index (Phi) is 7.47. The summed E-state index contributed by atoms with van der Waals surface area (Å²) < 4.78 is 1.60. The summed E-state index contributed by atoms with van der Waals surface area (Å²) in [6.45, 7) is 9.32. The van der Waals surface area contributed by atoms with Gasteiger partial charge in [-0.3, -0.25) is 14.3 Å². The first kappa shape index (κ1) is 26.3. The van der Waals surface area contributed by atoms with Crippen molar-refractivity contribution in [1.82, 2.24) is 29.3 Å². The Balaban J connectivity index is 1.32. The minimum atomic E-state index is -0.307. The maximum atomic E-state index is 12.3. The van der Waals surface area contributed by atoms with Gasteiger partial charge in [-0.05, 0) is 57.7 Å². The van der Waals surface area contributed by atoms with Crippen molar-refractivity contribution in [2.75, 3.05) is 25.5 Å². The normalized spacial score (nSPS) is 19.3. The average Bonchev–Trinajstić information content (AvgIpc) is 3.58. The maximum absolute atomic E-state index is 12.3. The molecule has 3 aromatic rings. The highest BCUT2D eigenvalue weighted by Gasteiger charge is 2.34. The van der Waals surface area contributed by atoms with E-state index in [2.05, 4.69) is 63.4 Å². The van der Waals surface area contributed by atoms with Crippen LogP contribution in [0.1, 0.15) is 82.6 Å². The van der Waals surface area contributed by atoms with Crippen molar-refractivity contribution in [2.24, 2.45) is 5.92 Å². The lowest BCUT2D eigenvalue weighted by Crippen LogP contribution is -2.38. The molecule has 1 aromatic carbocycles. The lowest BCUT2D eigenvalue weighted by Gasteiger charge is -2.34. The zero-order chi connectivity index (χ0) is 27.0. The van der Waals surface area contributed by atoms with Crippen LogP contribution in [0.15, 0.2) is 41.5 Å². The maximum Gasteiger partial charge on any atom is 0.349 e. The summed E-state index contributed by atoms with van der Waals surface area (Å²) in [5, 5.41) is 4.14. The third kappa shape index (κ3) is 5.57. The topological polar surface area (TPSA) is 96.3 Å². The molecule has 9 heteroatoms. The Bertz CT molecular complexity index is 1350. The van der Waals surface area contributed by atoms with Gasteiger partial charge in [0.15, 0.2) is 5.65 Å². The Morgan fingerprint density at radius 2 is 1.76 bits per heavy atom. The molecule has 9 nitrogen and oxygen atoms in total. The SMILES string of the molecule is CC(=O)N1CC[C@H](N(C)C(CC2CC2)c2ccc([C@H](C)Nc3ncc4cnc(=O)n(C(C)C)c4n3)cc2)C1. The van der Waals surface area contributed by atoms with Gasteiger partial charge in [0.25, 0.3) is 0 Å². The fourth-order valence-corrected chi connectivity index (χ4v) is 5.58. The summed E-state index contributed by atoms with van der Waals surface area (Å²) in [5.41, 5.74) is 2.75. The number of benzene rings is 1. The molecule has 1 amide bonds. The molecule has 1 N–H and O–H groups in total. The van der Waals surface area contributed by atoms with E-state index in [1.54, 1.807) is 17.7 Å². The molecule has 0 spiro atoms. The monoisotopic (exact) mass is 517 g/mol. The molecule has 3 heterocycles. The zero-order valence-electron chi connectivity index (χ0n) is 23.1. The van der Waals surface area contributed by atoms with Crippen LogP contribution in [0.2, 0.25) is 0 Å². The second-order valence-corrected chi connectivity index (χ2v) is 11.3. The first-order valence-electron chi connectivity index (χ1n) is 13.8. The molecule has 1 saturated heterocycles. The van der Waals surface area contributed by atoms with Crippen molar-refractivity contribution >= 4 is 22.9 Å². The van der Waals surface area contributed by atoms with Crippen molar-refractivity contribution in [3.63, 3.8) is 0 Å². The first-order valence-corrected chi connectivity index (χ1v) is 13.8. The minimum Gasteiger partial charge on any atom is -0.348 e. The van der Waals surface area contributed by atoms with Crippen molar-refractivity contribution < 1.29 is 4.79 Å². The standard InChI is InChI=1S/C29H39N7O2/c1-18(2)36-27-24(16-31-29(36)38)15-30-28(33-27)32-19(3)22-8-10-23(11-9-22)26(14-21-6-7-21)34(5)25-12-13-35(17-25)20(4)37/h8-11,15-16,18-19,21,25-26H,6-7,12-14,17H2,1-5H3,(H,30,32,33)/t19-,25-,26?/m0/s1. The molecule has 0 bridgehead atoms. The van der Waals surface area contributed by atoms with Crippen molar-refractivity contribution in [3.05, 3.63) is 58.3 Å². The van der Waals surface area contributed by atoms with Gasteiger partial charge in [0.05, 0.1) is 11.4 Å². The summed E-state index contributed by atoms with van der Waals surface area (Å²) >= 11 is 0. The van der Waals surface area contributed by atoms with E-state index in [4.69, 9.17) is 0 Å². The number of nitrogens with zero attached hydrogens (tertiary/aromatic N) is 6. The number of nitrogens with one attached hydrogen (secondary N) is 1. The van der Waals surface area contributed by atoms with Gasteiger partial charge in [-0.1, -0.05) is 37.1 Å². The number of fused-ring (bicyclic) bond motifs is 1. The van der Waals surface area contributed by atoms with Crippen LogP contribution in [-0.4, -0.2) is 61.4 Å². The van der Waals surface area contributed by atoms with E-state index in [1.165, 1.54) is 24.6 Å². The number of anilines is 1. The molecule has 202 valence electrons. The third-order valence-electron chi connectivity index (χ3n) is 8.16. The summed E-state index contributed by atoms with van der Waals surface area (Å²) in [6.07, 6.45) is 8.07. The van der Waals surface area contributed by atoms with Gasteiger partial charge in [0, 0.05) is 50.5 Å². The van der Waals surface area contributed by atoms with Crippen molar-refractivity contribution in [2.45, 2.75) is 77.5 Å². The van der Waals surface area contributed by atoms with E-state index in [0.717, 1.165) is 42.8 Å². The number of amides is 1. The third-order valence-corrected chi connectivity index (χ3v) is 8.16. The number of aromatic nitrogens is 4. The Hall–Kier alpha value is -3.33. The van der Waals surface area contributed by atoms with E-state index in [0.29, 0.717) is 23.7 Å². The Morgan fingerprint density at radius 1 is 1.08 bits per heavy atom. The fraction of sp³-hybridized carbons (Fsp3) is 0.552. The highest BCUT2D eigenvalue weighted by Crippen LogP contribution is 2.41. The second-order valence-electron chi connectivity index (χ2n) is 11.3. The second kappa shape index (κ2) is 10.8. The number of rotatable bonds is 9. The van der Waals surface area contributed by atoms with Gasteiger partial charge in [-0.25, -0.2) is 14.8 Å². The predicted octanol–water partition coefficient (Wildman–Crippen LogP) is 4.33. The molecule has 3 atom stereocenters. The van der Waals surface area contributed by atoms with E-state index in [-0.39, 0.29) is 23.7 Å². The number of likely N-dealkylation sites (N-methyl/N-ethyl adjacent to an activating group) is 1. The molecule has 2 aliphatic rings. The highest BCUT2D eigenvalue weighted by atomic mass is 16.2. The van der Waals surface area contributed by atoms with Gasteiger partial charge in [-0.15, -0.1) is 0 Å². The molecule has 1 aliphatic heterocycles. The van der Waals surface area contributed by atoms with E-state index in [1.807, 2.05) is 18.7 Å². The van der Waals surface area contributed by atoms with Gasteiger partial charge in [-0.2, -0.15) is 4.98 Å². The van der Waals surface area contributed by atoms with Crippen LogP contribution in [-0.2, 0) is 4.79 Å². The lowest BCUT2D eigenvalue weighted by atomic mass is 9.96.